The average Bonchev–Trinajstić information content (AvgIpc) is 2.92. The van der Waals surface area contributed by atoms with Gasteiger partial charge in [-0.3, -0.25) is 9.59 Å². The highest BCUT2D eigenvalue weighted by atomic mass is 16.6. The lowest BCUT2D eigenvalue weighted by molar-refractivity contribution is -0.146. The maximum absolute atomic E-state index is 14.7. The zero-order valence-corrected chi connectivity index (χ0v) is 27.1. The maximum atomic E-state index is 14.7. The Kier molecular flexibility index (Phi) is 10.7. The molecule has 0 bridgehead atoms. The summed E-state index contributed by atoms with van der Waals surface area (Å²) in [7, 11) is 1.57. The van der Waals surface area contributed by atoms with E-state index >= 15 is 0 Å². The predicted molar refractivity (Wildman–Crippen MR) is 172 cm³/mol. The number of phenols is 1. The molecular weight excluding hydrogens is 558 g/mol. The third-order valence-electron chi connectivity index (χ3n) is 6.92. The molecule has 0 heterocycles. The monoisotopic (exact) mass is 603 g/mol. The van der Waals surface area contributed by atoms with Crippen molar-refractivity contribution in [2.45, 2.75) is 85.0 Å². The highest BCUT2D eigenvalue weighted by Gasteiger charge is 2.42. The Balaban J connectivity index is 2.13. The van der Waals surface area contributed by atoms with Gasteiger partial charge >= 0.3 is 6.09 Å². The van der Waals surface area contributed by atoms with Crippen molar-refractivity contribution in [1.29, 1.82) is 0 Å². The Morgan fingerprint density at radius 3 is 2.05 bits per heavy atom. The summed E-state index contributed by atoms with van der Waals surface area (Å²) in [5, 5.41) is 15.6. The van der Waals surface area contributed by atoms with Gasteiger partial charge in [-0.1, -0.05) is 35.9 Å². The molecular formula is C35H45N3O6. The highest BCUT2D eigenvalue weighted by molar-refractivity contribution is 5.99. The summed E-state index contributed by atoms with van der Waals surface area (Å²) in [5.41, 5.74) is 2.03. The summed E-state index contributed by atoms with van der Waals surface area (Å²) in [4.78, 5) is 43.6. The van der Waals surface area contributed by atoms with E-state index in [2.05, 4.69) is 10.6 Å². The second kappa shape index (κ2) is 13.8. The number of benzene rings is 3. The van der Waals surface area contributed by atoms with Crippen LogP contribution in [0.2, 0.25) is 0 Å². The first-order chi connectivity index (χ1) is 20.5. The van der Waals surface area contributed by atoms with Crippen molar-refractivity contribution in [3.05, 3.63) is 89.0 Å². The number of nitrogens with one attached hydrogen (secondary N) is 2. The molecule has 236 valence electrons. The normalized spacial score (nSPS) is 12.9. The third-order valence-corrected chi connectivity index (χ3v) is 6.92. The molecule has 3 N–H and O–H groups in total. The molecule has 44 heavy (non-hydrogen) atoms. The standard InChI is InChI=1S/C35H45N3O6/c1-22-10-11-23(2)28(20-22)30(31(40)36-25-14-18-27(43-9)19-15-25)38(34(3,4)5)32(41)29(37-33(42)44-35(6,7)8)21-24-12-16-26(39)17-13-24/h10-20,29-30,39H,21H2,1-9H3,(H,36,40)(H,37,42). The molecule has 0 saturated carbocycles. The van der Waals surface area contributed by atoms with Gasteiger partial charge < -0.3 is 30.1 Å². The number of aromatic hydroxyl groups is 1. The van der Waals surface area contributed by atoms with E-state index < -0.39 is 41.1 Å². The minimum atomic E-state index is -1.09. The molecule has 3 aromatic carbocycles. The zero-order valence-electron chi connectivity index (χ0n) is 27.1. The van der Waals surface area contributed by atoms with Gasteiger partial charge in [0.15, 0.2) is 0 Å². The molecule has 3 amide bonds. The third kappa shape index (κ3) is 9.23. The minimum absolute atomic E-state index is 0.0817. The predicted octanol–water partition coefficient (Wildman–Crippen LogP) is 6.46. The molecule has 0 aliphatic heterocycles. The highest BCUT2D eigenvalue weighted by Crippen LogP contribution is 2.34. The number of nitrogens with zero attached hydrogens (tertiary/aromatic N) is 1. The number of hydrogen-bond donors (Lipinski definition) is 3. The van der Waals surface area contributed by atoms with Crippen molar-refractivity contribution in [2.24, 2.45) is 0 Å². The van der Waals surface area contributed by atoms with Gasteiger partial charge in [-0.25, -0.2) is 4.79 Å². The number of ether oxygens (including phenoxy) is 2. The minimum Gasteiger partial charge on any atom is -0.508 e. The number of aryl methyl sites for hydroxylation is 2. The molecule has 9 nitrogen and oxygen atoms in total. The number of hydrogen-bond acceptors (Lipinski definition) is 6. The van der Waals surface area contributed by atoms with Crippen LogP contribution >= 0.6 is 0 Å². The first-order valence-electron chi connectivity index (χ1n) is 14.6. The first-order valence-corrected chi connectivity index (χ1v) is 14.6. The average molecular weight is 604 g/mol. The van der Waals surface area contributed by atoms with Gasteiger partial charge in [0.25, 0.3) is 5.91 Å². The lowest BCUT2D eigenvalue weighted by Gasteiger charge is -2.43. The Morgan fingerprint density at radius 1 is 0.886 bits per heavy atom. The van der Waals surface area contributed by atoms with Crippen LogP contribution in [0.5, 0.6) is 11.5 Å². The maximum Gasteiger partial charge on any atom is 0.408 e. The number of phenolic OH excluding ortho intramolecular Hbond substituents is 1. The van der Waals surface area contributed by atoms with Gasteiger partial charge in [0, 0.05) is 17.6 Å². The van der Waals surface area contributed by atoms with Crippen LogP contribution in [0, 0.1) is 13.8 Å². The van der Waals surface area contributed by atoms with E-state index in [0.29, 0.717) is 22.6 Å². The smallest absolute Gasteiger partial charge is 0.408 e. The molecule has 0 aliphatic rings. The van der Waals surface area contributed by atoms with Crippen molar-refractivity contribution in [3.63, 3.8) is 0 Å². The molecule has 9 heteroatoms. The molecule has 0 fully saturated rings. The van der Waals surface area contributed by atoms with E-state index in [9.17, 15) is 19.5 Å². The van der Waals surface area contributed by atoms with Crippen molar-refractivity contribution in [3.8, 4) is 11.5 Å². The van der Waals surface area contributed by atoms with Gasteiger partial charge in [-0.2, -0.15) is 0 Å². The largest absolute Gasteiger partial charge is 0.508 e. The topological polar surface area (TPSA) is 117 Å². The molecule has 3 aromatic rings. The number of anilines is 1. The van der Waals surface area contributed by atoms with Crippen LogP contribution < -0.4 is 15.4 Å². The van der Waals surface area contributed by atoms with Crippen LogP contribution in [-0.4, -0.2) is 52.2 Å². The number of amides is 3. The summed E-state index contributed by atoms with van der Waals surface area (Å²) in [5.74, 6) is -0.149. The molecule has 2 unspecified atom stereocenters. The molecule has 0 saturated heterocycles. The second-order valence-corrected chi connectivity index (χ2v) is 12.9. The van der Waals surface area contributed by atoms with Crippen molar-refractivity contribution >= 4 is 23.6 Å². The first kappa shape index (κ1) is 34.0. The summed E-state index contributed by atoms with van der Waals surface area (Å²) >= 11 is 0. The van der Waals surface area contributed by atoms with Crippen molar-refractivity contribution < 1.29 is 29.0 Å². The van der Waals surface area contributed by atoms with Gasteiger partial charge in [-0.15, -0.1) is 0 Å². The summed E-state index contributed by atoms with van der Waals surface area (Å²) in [6.45, 7) is 14.6. The fourth-order valence-electron chi connectivity index (χ4n) is 4.87. The van der Waals surface area contributed by atoms with Crippen molar-refractivity contribution in [2.75, 3.05) is 12.4 Å². The van der Waals surface area contributed by atoms with Crippen LogP contribution in [0.4, 0.5) is 10.5 Å². The zero-order chi connectivity index (χ0) is 32.8. The van der Waals surface area contributed by atoms with E-state index in [-0.39, 0.29) is 12.2 Å². The lowest BCUT2D eigenvalue weighted by Crippen LogP contribution is -2.58. The van der Waals surface area contributed by atoms with E-state index in [1.807, 2.05) is 52.8 Å². The van der Waals surface area contributed by atoms with Crippen LogP contribution in [0.15, 0.2) is 66.7 Å². The lowest BCUT2D eigenvalue weighted by atomic mass is 9.91. The Morgan fingerprint density at radius 2 is 1.50 bits per heavy atom. The molecule has 0 spiro atoms. The van der Waals surface area contributed by atoms with E-state index in [1.54, 1.807) is 64.3 Å². The number of methoxy groups -OCH3 is 1. The van der Waals surface area contributed by atoms with E-state index in [0.717, 1.165) is 11.1 Å². The molecule has 2 atom stereocenters. The van der Waals surface area contributed by atoms with Crippen LogP contribution in [0.25, 0.3) is 0 Å². The summed E-state index contributed by atoms with van der Waals surface area (Å²) in [6, 6.07) is 17.0. The number of rotatable bonds is 9. The SMILES string of the molecule is COc1ccc(NC(=O)C(c2cc(C)ccc2C)N(C(=O)C(Cc2ccc(O)cc2)NC(=O)OC(C)(C)C)C(C)(C)C)cc1. The Hall–Kier alpha value is -4.53. The second-order valence-electron chi connectivity index (χ2n) is 12.9. The van der Waals surface area contributed by atoms with E-state index in [4.69, 9.17) is 9.47 Å². The van der Waals surface area contributed by atoms with Gasteiger partial charge in [0.05, 0.1) is 7.11 Å². The van der Waals surface area contributed by atoms with Gasteiger partial charge in [-0.05, 0) is 108 Å². The number of carbonyl (C=O) groups is 3. The van der Waals surface area contributed by atoms with Crippen molar-refractivity contribution in [1.82, 2.24) is 10.2 Å². The van der Waals surface area contributed by atoms with Crippen LogP contribution in [-0.2, 0) is 20.7 Å². The molecule has 0 aromatic heterocycles. The molecule has 0 radical (unpaired) electrons. The van der Waals surface area contributed by atoms with Gasteiger partial charge in [0.2, 0.25) is 5.91 Å². The number of carbonyl (C=O) groups excluding carboxylic acids is 3. The molecule has 0 aliphatic carbocycles. The Labute approximate surface area is 260 Å². The van der Waals surface area contributed by atoms with E-state index in [1.165, 1.54) is 17.0 Å². The number of alkyl carbamates (subject to hydrolysis) is 1. The molecule has 3 rings (SSSR count). The Bertz CT molecular complexity index is 1450. The summed E-state index contributed by atoms with van der Waals surface area (Å²) < 4.78 is 10.8. The summed E-state index contributed by atoms with van der Waals surface area (Å²) in [6.07, 6.45) is -0.653. The van der Waals surface area contributed by atoms with Gasteiger partial charge in [0.1, 0.15) is 29.2 Å². The fraction of sp³-hybridized carbons (Fsp3) is 0.400. The quantitative estimate of drug-likeness (QED) is 0.258. The van der Waals surface area contributed by atoms with Crippen LogP contribution in [0.1, 0.15) is 69.8 Å². The fourth-order valence-corrected chi connectivity index (χ4v) is 4.87. The van der Waals surface area contributed by atoms with Crippen LogP contribution in [0.3, 0.4) is 0 Å².